The second-order valence-electron chi connectivity index (χ2n) is 6.62. The van der Waals surface area contributed by atoms with Crippen molar-refractivity contribution in [2.45, 2.75) is 70.3 Å². The predicted octanol–water partition coefficient (Wildman–Crippen LogP) is 1.82. The fourth-order valence-corrected chi connectivity index (χ4v) is 3.40. The molecule has 2 fully saturated rings. The number of carbonyl (C=O) groups is 2. The molecular weight excluding hydrogens is 278 g/mol. The fraction of sp³-hybridized carbons (Fsp3) is 0.882. The van der Waals surface area contributed by atoms with Crippen molar-refractivity contribution in [1.29, 1.82) is 0 Å². The van der Waals surface area contributed by atoms with Crippen molar-refractivity contribution in [3.05, 3.63) is 0 Å². The third-order valence-electron chi connectivity index (χ3n) is 4.74. The molecule has 2 rings (SSSR count). The zero-order valence-electron chi connectivity index (χ0n) is 13.7. The Balaban J connectivity index is 1.57. The van der Waals surface area contributed by atoms with E-state index in [0.717, 1.165) is 32.4 Å². The van der Waals surface area contributed by atoms with Crippen LogP contribution in [-0.2, 0) is 9.59 Å². The summed E-state index contributed by atoms with van der Waals surface area (Å²) in [6.07, 6.45) is 11.5. The Labute approximate surface area is 134 Å². The third-order valence-corrected chi connectivity index (χ3v) is 4.74. The summed E-state index contributed by atoms with van der Waals surface area (Å²) < 4.78 is 0. The molecule has 1 heterocycles. The van der Waals surface area contributed by atoms with Crippen LogP contribution in [0.25, 0.3) is 0 Å². The Morgan fingerprint density at radius 1 is 1.00 bits per heavy atom. The number of likely N-dealkylation sites (tertiary alicyclic amines) is 1. The van der Waals surface area contributed by atoms with E-state index in [1.807, 2.05) is 0 Å². The lowest BCUT2D eigenvalue weighted by atomic mass is 10.1. The molecule has 2 N–H and O–H groups in total. The lowest BCUT2D eigenvalue weighted by Crippen LogP contribution is -2.43. The normalized spacial score (nSPS) is 21.3. The average Bonchev–Trinajstić information content (AvgIpc) is 2.88. The zero-order chi connectivity index (χ0) is 15.6. The van der Waals surface area contributed by atoms with E-state index in [2.05, 4.69) is 10.6 Å². The summed E-state index contributed by atoms with van der Waals surface area (Å²) in [5.74, 6) is 0.0992. The van der Waals surface area contributed by atoms with Crippen molar-refractivity contribution >= 4 is 11.8 Å². The molecule has 1 saturated carbocycles. The molecule has 0 bridgehead atoms. The van der Waals surface area contributed by atoms with Gasteiger partial charge in [0.15, 0.2) is 0 Å². The van der Waals surface area contributed by atoms with Crippen LogP contribution in [0.4, 0.5) is 0 Å². The number of hydrogen-bond donors (Lipinski definition) is 2. The van der Waals surface area contributed by atoms with Crippen LogP contribution < -0.4 is 10.6 Å². The maximum absolute atomic E-state index is 11.9. The van der Waals surface area contributed by atoms with E-state index in [-0.39, 0.29) is 18.4 Å². The first-order chi connectivity index (χ1) is 10.8. The van der Waals surface area contributed by atoms with Crippen LogP contribution in [0.15, 0.2) is 0 Å². The first kappa shape index (κ1) is 17.3. The lowest BCUT2D eigenvalue weighted by molar-refractivity contribution is -0.135. The van der Waals surface area contributed by atoms with Gasteiger partial charge in [-0.3, -0.25) is 9.59 Å². The van der Waals surface area contributed by atoms with Gasteiger partial charge in [0.2, 0.25) is 11.8 Å². The first-order valence-corrected chi connectivity index (χ1v) is 9.03. The Morgan fingerprint density at radius 3 is 2.50 bits per heavy atom. The largest absolute Gasteiger partial charge is 0.353 e. The summed E-state index contributed by atoms with van der Waals surface area (Å²) in [6.45, 7) is 2.43. The van der Waals surface area contributed by atoms with Crippen molar-refractivity contribution in [2.75, 3.05) is 26.2 Å². The summed E-state index contributed by atoms with van der Waals surface area (Å²) in [6, 6.07) is 0.617. The number of amides is 2. The van der Waals surface area contributed by atoms with E-state index >= 15 is 0 Å². The van der Waals surface area contributed by atoms with Gasteiger partial charge in [-0.2, -0.15) is 0 Å². The lowest BCUT2D eigenvalue weighted by Gasteiger charge is -2.20. The van der Waals surface area contributed by atoms with Crippen LogP contribution in [0.1, 0.15) is 64.2 Å². The summed E-state index contributed by atoms with van der Waals surface area (Å²) >= 11 is 0. The molecule has 0 aromatic carbocycles. The average molecular weight is 309 g/mol. The first-order valence-electron chi connectivity index (χ1n) is 9.03. The molecule has 5 heteroatoms. The van der Waals surface area contributed by atoms with Gasteiger partial charge in [0.05, 0.1) is 6.54 Å². The second kappa shape index (κ2) is 9.82. The highest BCUT2D eigenvalue weighted by molar-refractivity contribution is 5.84. The monoisotopic (exact) mass is 309 g/mol. The van der Waals surface area contributed by atoms with E-state index in [0.29, 0.717) is 19.0 Å². The molecule has 0 radical (unpaired) electrons. The Hall–Kier alpha value is -1.10. The second-order valence-corrected chi connectivity index (χ2v) is 6.62. The van der Waals surface area contributed by atoms with E-state index < -0.39 is 0 Å². The molecule has 0 atom stereocenters. The van der Waals surface area contributed by atoms with Crippen LogP contribution in [0.3, 0.4) is 0 Å². The highest BCUT2D eigenvalue weighted by Crippen LogP contribution is 2.16. The fourth-order valence-electron chi connectivity index (χ4n) is 3.40. The highest BCUT2D eigenvalue weighted by Gasteiger charge is 2.19. The molecule has 1 aliphatic carbocycles. The molecule has 0 aromatic rings. The number of nitrogens with zero attached hydrogens (tertiary/aromatic N) is 1. The summed E-state index contributed by atoms with van der Waals surface area (Å²) in [4.78, 5) is 25.5. The van der Waals surface area contributed by atoms with Gasteiger partial charge < -0.3 is 15.5 Å². The van der Waals surface area contributed by atoms with Gasteiger partial charge >= 0.3 is 0 Å². The van der Waals surface area contributed by atoms with Crippen molar-refractivity contribution in [3.8, 4) is 0 Å². The van der Waals surface area contributed by atoms with Gasteiger partial charge in [-0.1, -0.05) is 32.1 Å². The van der Waals surface area contributed by atoms with Gasteiger partial charge in [-0.15, -0.1) is 0 Å². The van der Waals surface area contributed by atoms with E-state index in [9.17, 15) is 9.59 Å². The molecule has 1 saturated heterocycles. The maximum atomic E-state index is 11.9. The Morgan fingerprint density at radius 2 is 1.73 bits per heavy atom. The minimum atomic E-state index is -0.0297. The summed E-state index contributed by atoms with van der Waals surface area (Å²) in [5.41, 5.74) is 0. The summed E-state index contributed by atoms with van der Waals surface area (Å²) in [7, 11) is 0. The SMILES string of the molecule is O=C(CN1CCCCCC1=O)NCCNC1CCCCCC1. The number of hydrogen-bond acceptors (Lipinski definition) is 3. The number of nitrogens with one attached hydrogen (secondary N) is 2. The standard InChI is InChI=1S/C17H31N3O2/c21-16(14-20-13-7-3-6-10-17(20)22)19-12-11-18-15-8-4-1-2-5-9-15/h15,18H,1-14H2,(H,19,21). The van der Waals surface area contributed by atoms with Gasteiger partial charge in [0.25, 0.3) is 0 Å². The summed E-state index contributed by atoms with van der Waals surface area (Å²) in [5, 5.41) is 6.47. The minimum Gasteiger partial charge on any atom is -0.353 e. The van der Waals surface area contributed by atoms with Crippen molar-refractivity contribution < 1.29 is 9.59 Å². The molecule has 5 nitrogen and oxygen atoms in total. The maximum Gasteiger partial charge on any atom is 0.239 e. The molecular formula is C17H31N3O2. The van der Waals surface area contributed by atoms with Gasteiger partial charge in [-0.05, 0) is 25.7 Å². The molecule has 126 valence electrons. The van der Waals surface area contributed by atoms with Crippen LogP contribution in [0.5, 0.6) is 0 Å². The van der Waals surface area contributed by atoms with Crippen molar-refractivity contribution in [3.63, 3.8) is 0 Å². The van der Waals surface area contributed by atoms with Gasteiger partial charge in [0.1, 0.15) is 0 Å². The van der Waals surface area contributed by atoms with Crippen LogP contribution in [-0.4, -0.2) is 48.9 Å². The van der Waals surface area contributed by atoms with E-state index in [1.165, 1.54) is 38.5 Å². The smallest absolute Gasteiger partial charge is 0.239 e. The molecule has 2 amide bonds. The molecule has 1 aliphatic heterocycles. The van der Waals surface area contributed by atoms with Crippen LogP contribution in [0.2, 0.25) is 0 Å². The molecule has 22 heavy (non-hydrogen) atoms. The highest BCUT2D eigenvalue weighted by atomic mass is 16.2. The molecule has 0 spiro atoms. The topological polar surface area (TPSA) is 61.4 Å². The quantitative estimate of drug-likeness (QED) is 0.581. The Bertz CT molecular complexity index is 352. The number of carbonyl (C=O) groups excluding carboxylic acids is 2. The van der Waals surface area contributed by atoms with Gasteiger partial charge in [-0.25, -0.2) is 0 Å². The number of rotatable bonds is 6. The third kappa shape index (κ3) is 6.34. The molecule has 2 aliphatic rings. The minimum absolute atomic E-state index is 0.0297. The molecule has 0 unspecified atom stereocenters. The van der Waals surface area contributed by atoms with Crippen molar-refractivity contribution in [1.82, 2.24) is 15.5 Å². The van der Waals surface area contributed by atoms with Crippen LogP contribution >= 0.6 is 0 Å². The zero-order valence-corrected chi connectivity index (χ0v) is 13.7. The Kier molecular flexibility index (Phi) is 7.71. The molecule has 0 aromatic heterocycles. The van der Waals surface area contributed by atoms with Gasteiger partial charge in [0, 0.05) is 32.1 Å². The van der Waals surface area contributed by atoms with E-state index in [1.54, 1.807) is 4.90 Å². The van der Waals surface area contributed by atoms with E-state index in [4.69, 9.17) is 0 Å². The van der Waals surface area contributed by atoms with Crippen LogP contribution in [0, 0.1) is 0 Å². The predicted molar refractivity (Wildman–Crippen MR) is 87.6 cm³/mol. The van der Waals surface area contributed by atoms with Crippen molar-refractivity contribution in [2.24, 2.45) is 0 Å².